The molecule has 4 amide bonds. The van der Waals surface area contributed by atoms with Crippen molar-refractivity contribution in [2.75, 3.05) is 0 Å². The Morgan fingerprint density at radius 3 is 2.37 bits per heavy atom. The van der Waals surface area contributed by atoms with Gasteiger partial charge in [0.15, 0.2) is 17.3 Å². The van der Waals surface area contributed by atoms with Crippen LogP contribution in [0, 0.1) is 24.7 Å². The molecule has 1 fully saturated rings. The summed E-state index contributed by atoms with van der Waals surface area (Å²) in [5, 5.41) is 7.82. The number of fused-ring (bicyclic) bond motifs is 1. The largest absolute Gasteiger partial charge is 0.441 e. The van der Waals surface area contributed by atoms with Crippen molar-refractivity contribution in [3.63, 3.8) is 0 Å². The number of benzene rings is 2. The van der Waals surface area contributed by atoms with Crippen molar-refractivity contribution in [1.82, 2.24) is 20.9 Å². The molecule has 4 rings (SSSR count). The zero-order valence-electron chi connectivity index (χ0n) is 21.6. The lowest BCUT2D eigenvalue weighted by Crippen LogP contribution is -2.49. The van der Waals surface area contributed by atoms with Crippen LogP contribution in [0.2, 0.25) is 0 Å². The fraction of sp³-hybridized carbons (Fsp3) is 0.357. The SMILES string of the molecule is Cc1nc2cc(C(=O)N[C@@H](CC(=O)N[C@@H](C(=O)[C@@H]3C(=O)NC(=O)[C@@H]3C)C(C)C)c3ccccc3)ccc2o1. The second-order valence-corrected chi connectivity index (χ2v) is 9.87. The molecule has 0 spiro atoms. The summed E-state index contributed by atoms with van der Waals surface area (Å²) in [6.07, 6.45) is -0.150. The number of imide groups is 1. The van der Waals surface area contributed by atoms with E-state index >= 15 is 0 Å². The van der Waals surface area contributed by atoms with Crippen LogP contribution in [0.5, 0.6) is 0 Å². The molecule has 38 heavy (non-hydrogen) atoms. The van der Waals surface area contributed by atoms with Crippen molar-refractivity contribution in [2.24, 2.45) is 17.8 Å². The van der Waals surface area contributed by atoms with E-state index in [9.17, 15) is 24.0 Å². The van der Waals surface area contributed by atoms with E-state index in [-0.39, 0.29) is 12.3 Å². The average Bonchev–Trinajstić information content (AvgIpc) is 3.37. The topological polar surface area (TPSA) is 147 Å². The minimum Gasteiger partial charge on any atom is -0.441 e. The predicted molar refractivity (Wildman–Crippen MR) is 138 cm³/mol. The number of rotatable bonds is 9. The number of ketones is 1. The normalized spacial score (nSPS) is 18.8. The Morgan fingerprint density at radius 2 is 1.74 bits per heavy atom. The molecule has 0 saturated carbocycles. The van der Waals surface area contributed by atoms with Crippen LogP contribution in [0.25, 0.3) is 11.1 Å². The first-order valence-electron chi connectivity index (χ1n) is 12.5. The number of oxazole rings is 1. The van der Waals surface area contributed by atoms with Gasteiger partial charge in [-0.15, -0.1) is 0 Å². The molecule has 0 bridgehead atoms. The Labute approximate surface area is 219 Å². The molecule has 3 N–H and O–H groups in total. The molecule has 1 saturated heterocycles. The number of nitrogens with zero attached hydrogens (tertiary/aromatic N) is 1. The van der Waals surface area contributed by atoms with E-state index in [0.29, 0.717) is 28.1 Å². The molecule has 2 aromatic carbocycles. The number of hydrogen-bond donors (Lipinski definition) is 3. The molecule has 1 aromatic heterocycles. The fourth-order valence-corrected chi connectivity index (χ4v) is 4.61. The van der Waals surface area contributed by atoms with Crippen molar-refractivity contribution in [2.45, 2.75) is 46.2 Å². The van der Waals surface area contributed by atoms with E-state index in [2.05, 4.69) is 20.9 Å². The monoisotopic (exact) mass is 518 g/mol. The van der Waals surface area contributed by atoms with Crippen molar-refractivity contribution >= 4 is 40.5 Å². The molecular formula is C28H30N4O6. The number of aromatic nitrogens is 1. The second-order valence-electron chi connectivity index (χ2n) is 9.87. The number of nitrogens with one attached hydrogen (secondary N) is 3. The molecule has 3 aromatic rings. The van der Waals surface area contributed by atoms with Crippen LogP contribution < -0.4 is 16.0 Å². The van der Waals surface area contributed by atoms with Crippen LogP contribution in [-0.2, 0) is 19.2 Å². The summed E-state index contributed by atoms with van der Waals surface area (Å²) in [6, 6.07) is 12.2. The van der Waals surface area contributed by atoms with Gasteiger partial charge in [0.05, 0.1) is 24.4 Å². The highest BCUT2D eigenvalue weighted by Gasteiger charge is 2.46. The fourth-order valence-electron chi connectivity index (χ4n) is 4.61. The van der Waals surface area contributed by atoms with Gasteiger partial charge in [-0.3, -0.25) is 29.3 Å². The summed E-state index contributed by atoms with van der Waals surface area (Å²) in [6.45, 7) is 6.73. The second kappa shape index (κ2) is 11.0. The van der Waals surface area contributed by atoms with E-state index in [1.54, 1.807) is 63.2 Å². The molecule has 1 aliphatic rings. The first-order valence-corrected chi connectivity index (χ1v) is 12.5. The summed E-state index contributed by atoms with van der Waals surface area (Å²) in [4.78, 5) is 67.9. The predicted octanol–water partition coefficient (Wildman–Crippen LogP) is 2.62. The van der Waals surface area contributed by atoms with E-state index in [0.717, 1.165) is 0 Å². The maximum atomic E-state index is 13.2. The number of carbonyl (C=O) groups is 5. The molecule has 1 aliphatic heterocycles. The quantitative estimate of drug-likeness (QED) is 0.291. The Hall–Kier alpha value is -4.34. The molecule has 10 nitrogen and oxygen atoms in total. The third-order valence-corrected chi connectivity index (χ3v) is 6.69. The molecular weight excluding hydrogens is 488 g/mol. The lowest BCUT2D eigenvalue weighted by Gasteiger charge is -2.26. The number of hydrogen-bond acceptors (Lipinski definition) is 7. The molecule has 0 radical (unpaired) electrons. The van der Waals surface area contributed by atoms with Crippen molar-refractivity contribution in [1.29, 1.82) is 0 Å². The Balaban J connectivity index is 1.51. The van der Waals surface area contributed by atoms with Crippen molar-refractivity contribution in [3.8, 4) is 0 Å². The van der Waals surface area contributed by atoms with Gasteiger partial charge in [-0.1, -0.05) is 51.1 Å². The van der Waals surface area contributed by atoms with Gasteiger partial charge in [-0.05, 0) is 29.7 Å². The number of amides is 4. The molecule has 2 heterocycles. The maximum Gasteiger partial charge on any atom is 0.251 e. The first kappa shape index (κ1) is 26.7. The van der Waals surface area contributed by atoms with Crippen LogP contribution in [0.3, 0.4) is 0 Å². The van der Waals surface area contributed by atoms with Crippen LogP contribution in [-0.4, -0.2) is 40.4 Å². The van der Waals surface area contributed by atoms with Gasteiger partial charge >= 0.3 is 0 Å². The Kier molecular flexibility index (Phi) is 7.70. The zero-order valence-corrected chi connectivity index (χ0v) is 21.6. The van der Waals surface area contributed by atoms with E-state index < -0.39 is 53.3 Å². The summed E-state index contributed by atoms with van der Waals surface area (Å²) in [7, 11) is 0. The number of carbonyl (C=O) groups excluding carboxylic acids is 5. The standard InChI is InChI=1S/C28H30N4O6/c1-14(2)24(25(34)23-15(3)26(35)32-28(23)37)31-22(33)13-19(17-8-6-5-7-9-17)30-27(36)18-10-11-21-20(12-18)29-16(4)38-21/h5-12,14-15,19,23-24H,13H2,1-4H3,(H,30,36)(H,31,33)(H,32,35,37)/t15-,19+,23-,24-/m1/s1. The molecule has 198 valence electrons. The van der Waals surface area contributed by atoms with Crippen LogP contribution in [0.1, 0.15) is 55.0 Å². The third-order valence-electron chi connectivity index (χ3n) is 6.69. The van der Waals surface area contributed by atoms with Gasteiger partial charge in [-0.25, -0.2) is 4.98 Å². The molecule has 0 aliphatic carbocycles. The van der Waals surface area contributed by atoms with E-state index in [1.807, 2.05) is 6.07 Å². The average molecular weight is 519 g/mol. The lowest BCUT2D eigenvalue weighted by molar-refractivity contribution is -0.137. The van der Waals surface area contributed by atoms with Crippen molar-refractivity contribution < 1.29 is 28.4 Å². The minimum absolute atomic E-state index is 0.150. The highest BCUT2D eigenvalue weighted by atomic mass is 16.3. The van der Waals surface area contributed by atoms with Crippen LogP contribution >= 0.6 is 0 Å². The van der Waals surface area contributed by atoms with Gasteiger partial charge in [0, 0.05) is 12.5 Å². The van der Waals surface area contributed by atoms with Crippen LogP contribution in [0.15, 0.2) is 52.9 Å². The minimum atomic E-state index is -1.16. The van der Waals surface area contributed by atoms with E-state index in [1.165, 1.54) is 6.92 Å². The zero-order chi connectivity index (χ0) is 27.6. The highest BCUT2D eigenvalue weighted by molar-refractivity contribution is 6.16. The Morgan fingerprint density at radius 1 is 1.03 bits per heavy atom. The van der Waals surface area contributed by atoms with Gasteiger partial charge in [0.25, 0.3) is 5.91 Å². The molecule has 0 unspecified atom stereocenters. The summed E-state index contributed by atoms with van der Waals surface area (Å²) in [5.41, 5.74) is 2.17. The summed E-state index contributed by atoms with van der Waals surface area (Å²) >= 11 is 0. The highest BCUT2D eigenvalue weighted by Crippen LogP contribution is 2.24. The summed E-state index contributed by atoms with van der Waals surface area (Å²) < 4.78 is 5.47. The van der Waals surface area contributed by atoms with Crippen LogP contribution in [0.4, 0.5) is 0 Å². The van der Waals surface area contributed by atoms with Gasteiger partial charge in [-0.2, -0.15) is 0 Å². The lowest BCUT2D eigenvalue weighted by atomic mass is 9.85. The van der Waals surface area contributed by atoms with Crippen molar-refractivity contribution in [3.05, 3.63) is 65.5 Å². The Bertz CT molecular complexity index is 1400. The molecule has 4 atom stereocenters. The van der Waals surface area contributed by atoms with Gasteiger partial charge in [0.2, 0.25) is 17.7 Å². The first-order chi connectivity index (χ1) is 18.0. The smallest absolute Gasteiger partial charge is 0.251 e. The maximum absolute atomic E-state index is 13.2. The molecule has 10 heteroatoms. The number of Topliss-reactive ketones (excluding diaryl/α,β-unsaturated/α-hetero) is 1. The third kappa shape index (κ3) is 5.64. The van der Waals surface area contributed by atoms with Gasteiger partial charge < -0.3 is 15.1 Å². The number of aryl methyl sites for hydroxylation is 1. The van der Waals surface area contributed by atoms with E-state index in [4.69, 9.17) is 4.42 Å². The summed E-state index contributed by atoms with van der Waals surface area (Å²) in [5.74, 6) is -4.36. The van der Waals surface area contributed by atoms with Gasteiger partial charge in [0.1, 0.15) is 11.4 Å².